The molecule has 2 heteroatoms. The Morgan fingerprint density at radius 1 is 1.58 bits per heavy atom. The molecule has 0 saturated carbocycles. The molecule has 0 aliphatic heterocycles. The van der Waals surface area contributed by atoms with Gasteiger partial charge in [0, 0.05) is 6.21 Å². The molecular weight excluding hydrogens is 150 g/mol. The van der Waals surface area contributed by atoms with Gasteiger partial charge in [0.25, 0.3) is 0 Å². The summed E-state index contributed by atoms with van der Waals surface area (Å²) in [6.07, 6.45) is 8.80. The number of hydrogen-bond donors (Lipinski definition) is 0. The van der Waals surface area contributed by atoms with Crippen molar-refractivity contribution in [1.29, 1.82) is 0 Å². The van der Waals surface area contributed by atoms with Gasteiger partial charge in [0.1, 0.15) is 5.76 Å². The number of rotatable bonds is 4. The van der Waals surface area contributed by atoms with Crippen molar-refractivity contribution in [2.24, 2.45) is 4.99 Å². The number of allylic oxidation sites excluding steroid dienone is 1. The lowest BCUT2D eigenvalue weighted by Gasteiger charge is -1.80. The van der Waals surface area contributed by atoms with Crippen LogP contribution in [0.25, 0.3) is 6.08 Å². The topological polar surface area (TPSA) is 25.5 Å². The fourth-order valence-electron chi connectivity index (χ4n) is 0.720. The van der Waals surface area contributed by atoms with E-state index in [1.54, 1.807) is 18.6 Å². The zero-order chi connectivity index (χ0) is 8.65. The smallest absolute Gasteiger partial charge is 0.126 e. The molecule has 0 aromatic carbocycles. The predicted octanol–water partition coefficient (Wildman–Crippen LogP) is 2.55. The summed E-state index contributed by atoms with van der Waals surface area (Å²) in [5.41, 5.74) is 0. The van der Waals surface area contributed by atoms with Crippen LogP contribution in [-0.2, 0) is 0 Å². The van der Waals surface area contributed by atoms with Crippen LogP contribution in [0.2, 0.25) is 0 Å². The largest absolute Gasteiger partial charge is 0.465 e. The summed E-state index contributed by atoms with van der Waals surface area (Å²) in [6, 6.07) is 3.73. The van der Waals surface area contributed by atoms with Gasteiger partial charge in [0.2, 0.25) is 0 Å². The minimum Gasteiger partial charge on any atom is -0.465 e. The molecule has 2 nitrogen and oxygen atoms in total. The third kappa shape index (κ3) is 3.01. The molecule has 1 rings (SSSR count). The molecule has 0 aliphatic carbocycles. The van der Waals surface area contributed by atoms with E-state index in [-0.39, 0.29) is 0 Å². The maximum atomic E-state index is 5.07. The van der Waals surface area contributed by atoms with Gasteiger partial charge in [-0.1, -0.05) is 6.08 Å². The Morgan fingerprint density at radius 2 is 2.50 bits per heavy atom. The van der Waals surface area contributed by atoms with Crippen LogP contribution in [0.1, 0.15) is 5.76 Å². The summed E-state index contributed by atoms with van der Waals surface area (Å²) in [4.78, 5) is 4.02. The molecular formula is C10H11NO. The van der Waals surface area contributed by atoms with Gasteiger partial charge in [-0.3, -0.25) is 4.99 Å². The van der Waals surface area contributed by atoms with Gasteiger partial charge >= 0.3 is 0 Å². The lowest BCUT2D eigenvalue weighted by molar-refractivity contribution is 0.557. The summed E-state index contributed by atoms with van der Waals surface area (Å²) in [6.45, 7) is 4.21. The van der Waals surface area contributed by atoms with Gasteiger partial charge in [-0.15, -0.1) is 6.58 Å². The van der Waals surface area contributed by atoms with Crippen LogP contribution < -0.4 is 0 Å². The molecule has 1 heterocycles. The Balaban J connectivity index is 2.36. The van der Waals surface area contributed by atoms with Crippen LogP contribution >= 0.6 is 0 Å². The second kappa shape index (κ2) is 5.13. The molecule has 1 aromatic heterocycles. The van der Waals surface area contributed by atoms with Crippen LogP contribution in [0, 0.1) is 0 Å². The van der Waals surface area contributed by atoms with Crippen LogP contribution in [0.4, 0.5) is 0 Å². The Hall–Kier alpha value is -1.57. The van der Waals surface area contributed by atoms with Crippen LogP contribution in [0.5, 0.6) is 0 Å². The van der Waals surface area contributed by atoms with Crippen molar-refractivity contribution in [1.82, 2.24) is 0 Å². The standard InChI is InChI=1S/C10H11NO/c1-2-7-11-8-3-5-10-6-4-9-12-10/h2-6,8-9H,1,7H2/b5-3+,11-8?. The molecule has 0 aliphatic rings. The molecule has 0 unspecified atom stereocenters. The monoisotopic (exact) mass is 161 g/mol. The fraction of sp³-hybridized carbons (Fsp3) is 0.100. The SMILES string of the molecule is C=CCN=C/C=C/c1ccco1. The number of aliphatic imine (C=N–C) groups is 1. The van der Waals surface area contributed by atoms with E-state index in [0.717, 1.165) is 5.76 Å². The van der Waals surface area contributed by atoms with Gasteiger partial charge in [-0.2, -0.15) is 0 Å². The zero-order valence-corrected chi connectivity index (χ0v) is 6.81. The third-order valence-corrected chi connectivity index (χ3v) is 1.23. The van der Waals surface area contributed by atoms with Gasteiger partial charge in [-0.25, -0.2) is 0 Å². The van der Waals surface area contributed by atoms with E-state index in [4.69, 9.17) is 4.42 Å². The van der Waals surface area contributed by atoms with Gasteiger partial charge in [0.05, 0.1) is 12.8 Å². The van der Waals surface area contributed by atoms with E-state index in [1.807, 2.05) is 24.3 Å². The van der Waals surface area contributed by atoms with E-state index in [0.29, 0.717) is 6.54 Å². The second-order valence-electron chi connectivity index (χ2n) is 2.18. The van der Waals surface area contributed by atoms with Crippen molar-refractivity contribution in [2.75, 3.05) is 6.54 Å². The number of hydrogen-bond acceptors (Lipinski definition) is 2. The second-order valence-corrected chi connectivity index (χ2v) is 2.18. The third-order valence-electron chi connectivity index (χ3n) is 1.23. The Labute approximate surface area is 71.9 Å². The van der Waals surface area contributed by atoms with Crippen molar-refractivity contribution >= 4 is 12.3 Å². The molecule has 0 saturated heterocycles. The number of nitrogens with zero attached hydrogens (tertiary/aromatic N) is 1. The summed E-state index contributed by atoms with van der Waals surface area (Å²) in [7, 11) is 0. The zero-order valence-electron chi connectivity index (χ0n) is 6.81. The maximum absolute atomic E-state index is 5.07. The van der Waals surface area contributed by atoms with Crippen molar-refractivity contribution in [3.8, 4) is 0 Å². The molecule has 0 atom stereocenters. The lowest BCUT2D eigenvalue weighted by atomic mass is 10.4. The van der Waals surface area contributed by atoms with Crippen molar-refractivity contribution in [2.45, 2.75) is 0 Å². The quantitative estimate of drug-likeness (QED) is 0.492. The number of furan rings is 1. The van der Waals surface area contributed by atoms with Crippen molar-refractivity contribution < 1.29 is 4.42 Å². The molecule has 12 heavy (non-hydrogen) atoms. The first-order chi connectivity index (χ1) is 5.93. The minimum atomic E-state index is 0.655. The van der Waals surface area contributed by atoms with Crippen LogP contribution in [0.3, 0.4) is 0 Å². The minimum absolute atomic E-state index is 0.655. The highest BCUT2D eigenvalue weighted by Gasteiger charge is 1.83. The van der Waals surface area contributed by atoms with Gasteiger partial charge in [-0.05, 0) is 24.3 Å². The molecule has 0 radical (unpaired) electrons. The van der Waals surface area contributed by atoms with E-state index < -0.39 is 0 Å². The summed E-state index contributed by atoms with van der Waals surface area (Å²) in [5, 5.41) is 0. The molecule has 1 aromatic rings. The fourth-order valence-corrected chi connectivity index (χ4v) is 0.720. The molecule has 0 N–H and O–H groups in total. The Bertz CT molecular complexity index is 270. The highest BCUT2D eigenvalue weighted by Crippen LogP contribution is 2.00. The van der Waals surface area contributed by atoms with Gasteiger partial charge in [0.15, 0.2) is 0 Å². The van der Waals surface area contributed by atoms with Crippen molar-refractivity contribution in [3.63, 3.8) is 0 Å². The predicted molar refractivity (Wildman–Crippen MR) is 51.3 cm³/mol. The normalized spacial score (nSPS) is 11.3. The Morgan fingerprint density at radius 3 is 3.17 bits per heavy atom. The average Bonchev–Trinajstić information content (AvgIpc) is 2.57. The maximum Gasteiger partial charge on any atom is 0.126 e. The summed E-state index contributed by atoms with van der Waals surface area (Å²) in [5.74, 6) is 0.833. The van der Waals surface area contributed by atoms with Crippen molar-refractivity contribution in [3.05, 3.63) is 42.9 Å². The highest BCUT2D eigenvalue weighted by atomic mass is 16.3. The first-order valence-electron chi connectivity index (χ1n) is 3.74. The molecule has 0 fully saturated rings. The van der Waals surface area contributed by atoms with E-state index in [1.165, 1.54) is 0 Å². The lowest BCUT2D eigenvalue weighted by Crippen LogP contribution is -1.70. The molecule has 0 amide bonds. The van der Waals surface area contributed by atoms with E-state index in [2.05, 4.69) is 11.6 Å². The summed E-state index contributed by atoms with van der Waals surface area (Å²) < 4.78 is 5.07. The first-order valence-corrected chi connectivity index (χ1v) is 3.74. The molecule has 0 bridgehead atoms. The molecule has 0 spiro atoms. The average molecular weight is 161 g/mol. The highest BCUT2D eigenvalue weighted by molar-refractivity contribution is 5.77. The molecule has 62 valence electrons. The van der Waals surface area contributed by atoms with Gasteiger partial charge < -0.3 is 4.42 Å². The summed E-state index contributed by atoms with van der Waals surface area (Å²) >= 11 is 0. The van der Waals surface area contributed by atoms with Crippen LogP contribution in [-0.4, -0.2) is 12.8 Å². The van der Waals surface area contributed by atoms with E-state index >= 15 is 0 Å². The van der Waals surface area contributed by atoms with Crippen LogP contribution in [0.15, 0.2) is 46.5 Å². The van der Waals surface area contributed by atoms with E-state index in [9.17, 15) is 0 Å². The Kier molecular flexibility index (Phi) is 3.64. The first kappa shape index (κ1) is 8.53.